The Hall–Kier alpha value is 0.290. The lowest BCUT2D eigenvalue weighted by atomic mass is 10.4. The van der Waals surface area contributed by atoms with Gasteiger partial charge in [-0.2, -0.15) is 0 Å². The predicted molar refractivity (Wildman–Crippen MR) is 19.0 cm³/mol. The van der Waals surface area contributed by atoms with Crippen LogP contribution in [0, 0.1) is 10.8 Å². The summed E-state index contributed by atoms with van der Waals surface area (Å²) in [5.41, 5.74) is 0. The lowest BCUT2D eigenvalue weighted by molar-refractivity contribution is -0.635. The molecule has 0 aromatic heterocycles. The minimum absolute atomic E-state index is 1.36. The molecule has 0 atom stereocenters. The van der Waals surface area contributed by atoms with Crippen LogP contribution in [-0.2, 0) is 0 Å². The summed E-state index contributed by atoms with van der Waals surface area (Å²) in [5, 5.41) is 0. The van der Waals surface area contributed by atoms with Crippen molar-refractivity contribution in [2.75, 3.05) is 11.8 Å². The zero-order chi connectivity index (χ0) is 3.54. The van der Waals surface area contributed by atoms with Gasteiger partial charge in [-0.1, -0.05) is 0 Å². The molecule has 1 aliphatic heterocycles. The molecule has 0 saturated carbocycles. The molecule has 0 aliphatic carbocycles. The Balaban J connectivity index is 2.08. The molecule has 1 rings (SSSR count). The Morgan fingerprint density at radius 3 is 1.80 bits per heavy atom. The highest BCUT2D eigenvalue weighted by Gasteiger charge is 2.10. The first-order valence-corrected chi connectivity index (χ1v) is 3.10. The van der Waals surface area contributed by atoms with E-state index in [2.05, 4.69) is 10.8 Å². The first-order chi connectivity index (χ1) is 2.50. The fourth-order valence-electron chi connectivity index (χ4n) is 0.472. The maximum atomic E-state index is 2.46. The highest BCUT2D eigenvalue weighted by atomic mass is 35.5. The average Bonchev–Trinajstić information content (AvgIpc) is 1.76. The van der Waals surface area contributed by atoms with Crippen LogP contribution in [0.15, 0.2) is 0 Å². The number of hydrogen-bond donors (Lipinski definition) is 0. The molecule has 1 aliphatic rings. The number of hydrogen-bond acceptors (Lipinski definition) is 0. The minimum Gasteiger partial charge on any atom is 0.00713 e. The van der Waals surface area contributed by atoms with Crippen LogP contribution in [-0.4, -0.2) is 11.8 Å². The third-order valence-corrected chi connectivity index (χ3v) is 1.85. The van der Waals surface area contributed by atoms with E-state index < -0.39 is 0 Å². The van der Waals surface area contributed by atoms with Crippen LogP contribution in [0.25, 0.3) is 0 Å². The SMILES string of the molecule is C1CC[Cl+]C1. The Morgan fingerprint density at radius 2 is 1.60 bits per heavy atom. The van der Waals surface area contributed by atoms with Gasteiger partial charge in [-0.25, -0.2) is 0 Å². The molecule has 0 unspecified atom stereocenters. The van der Waals surface area contributed by atoms with Gasteiger partial charge in [0.2, 0.25) is 0 Å². The first kappa shape index (κ1) is 3.48. The Bertz CT molecular complexity index is 15.2. The normalized spacial score (nSPS) is 24.0. The third-order valence-electron chi connectivity index (χ3n) is 0.785. The van der Waals surface area contributed by atoms with E-state index in [-0.39, 0.29) is 0 Å². The van der Waals surface area contributed by atoms with E-state index in [1.165, 1.54) is 24.6 Å². The van der Waals surface area contributed by atoms with Crippen molar-refractivity contribution in [1.29, 1.82) is 0 Å². The van der Waals surface area contributed by atoms with Gasteiger partial charge in [-0.3, -0.25) is 0 Å². The third kappa shape index (κ3) is 0.804. The minimum atomic E-state index is 1.36. The van der Waals surface area contributed by atoms with E-state index in [1.54, 1.807) is 0 Å². The molecule has 1 heterocycles. The summed E-state index contributed by atoms with van der Waals surface area (Å²) in [4.78, 5) is 0. The van der Waals surface area contributed by atoms with Crippen molar-refractivity contribution in [1.82, 2.24) is 0 Å². The van der Waals surface area contributed by atoms with Gasteiger partial charge in [0.25, 0.3) is 0 Å². The summed E-state index contributed by atoms with van der Waals surface area (Å²) in [6, 6.07) is 0. The summed E-state index contributed by atoms with van der Waals surface area (Å²) in [5.74, 6) is 2.72. The van der Waals surface area contributed by atoms with Gasteiger partial charge < -0.3 is 0 Å². The predicted octanol–water partition coefficient (Wildman–Crippen LogP) is 0.865. The van der Waals surface area contributed by atoms with Crippen molar-refractivity contribution in [3.63, 3.8) is 0 Å². The topological polar surface area (TPSA) is 0 Å². The number of alkyl halides is 2. The lowest BCUT2D eigenvalue weighted by Gasteiger charge is -1.57. The average molecular weight is 91.6 g/mol. The maximum absolute atomic E-state index is 2.46. The fourth-order valence-corrected chi connectivity index (χ4v) is 1.42. The summed E-state index contributed by atoms with van der Waals surface area (Å²) in [6.45, 7) is 0. The number of rotatable bonds is 0. The highest BCUT2D eigenvalue weighted by molar-refractivity contribution is 4.37. The van der Waals surface area contributed by atoms with Gasteiger partial charge in [0.1, 0.15) is 10.8 Å². The van der Waals surface area contributed by atoms with Gasteiger partial charge >= 0.3 is 0 Å². The molecular formula is C4H8Cl+. The Kier molecular flexibility index (Phi) is 1.15. The lowest BCUT2D eigenvalue weighted by Crippen LogP contribution is -1.72. The zero-order valence-electron chi connectivity index (χ0n) is 3.21. The molecule has 0 amide bonds. The molecule has 0 spiro atoms. The van der Waals surface area contributed by atoms with E-state index in [0.717, 1.165) is 0 Å². The van der Waals surface area contributed by atoms with Gasteiger partial charge in [0.15, 0.2) is 11.8 Å². The van der Waals surface area contributed by atoms with Crippen molar-refractivity contribution >= 4 is 0 Å². The molecule has 0 bridgehead atoms. The molecular weight excluding hydrogens is 83.5 g/mol. The van der Waals surface area contributed by atoms with Gasteiger partial charge in [-0.05, 0) is 0 Å². The quantitative estimate of drug-likeness (QED) is 0.388. The van der Waals surface area contributed by atoms with Crippen molar-refractivity contribution in [2.24, 2.45) is 0 Å². The fraction of sp³-hybridized carbons (Fsp3) is 1.00. The van der Waals surface area contributed by atoms with E-state index >= 15 is 0 Å². The molecule has 1 fully saturated rings. The van der Waals surface area contributed by atoms with E-state index in [0.29, 0.717) is 0 Å². The van der Waals surface area contributed by atoms with E-state index in [1.807, 2.05) is 0 Å². The Morgan fingerprint density at radius 1 is 1.00 bits per heavy atom. The molecule has 0 aromatic carbocycles. The monoisotopic (exact) mass is 91.0 g/mol. The summed E-state index contributed by atoms with van der Waals surface area (Å²) in [7, 11) is 2.46. The molecule has 0 aromatic rings. The standard InChI is InChI=1S/C4H8Cl/c1-2-4-5-3-1/h1-4H2/q+1. The molecule has 30 valence electrons. The van der Waals surface area contributed by atoms with Crippen LogP contribution in [0.4, 0.5) is 0 Å². The zero-order valence-corrected chi connectivity index (χ0v) is 3.96. The summed E-state index contributed by atoms with van der Waals surface area (Å²) < 4.78 is 0. The maximum Gasteiger partial charge on any atom is 0.172 e. The van der Waals surface area contributed by atoms with E-state index in [9.17, 15) is 0 Å². The molecule has 1 heteroatoms. The van der Waals surface area contributed by atoms with Crippen LogP contribution in [0.5, 0.6) is 0 Å². The van der Waals surface area contributed by atoms with Crippen LogP contribution < -0.4 is 0 Å². The second kappa shape index (κ2) is 1.66. The first-order valence-electron chi connectivity index (χ1n) is 2.03. The second-order valence-corrected chi connectivity index (χ2v) is 2.41. The van der Waals surface area contributed by atoms with Crippen LogP contribution in [0.3, 0.4) is 0 Å². The number of halogens is 1. The molecule has 0 N–H and O–H groups in total. The smallest absolute Gasteiger partial charge is 0.00713 e. The largest absolute Gasteiger partial charge is 0.172 e. The molecule has 0 radical (unpaired) electrons. The van der Waals surface area contributed by atoms with Crippen LogP contribution >= 0.6 is 0 Å². The van der Waals surface area contributed by atoms with Crippen molar-refractivity contribution in [2.45, 2.75) is 12.8 Å². The molecule has 0 nitrogen and oxygen atoms in total. The van der Waals surface area contributed by atoms with Crippen LogP contribution in [0.1, 0.15) is 12.8 Å². The molecule has 1 saturated heterocycles. The van der Waals surface area contributed by atoms with E-state index in [4.69, 9.17) is 0 Å². The van der Waals surface area contributed by atoms with Crippen molar-refractivity contribution in [3.05, 3.63) is 0 Å². The van der Waals surface area contributed by atoms with Crippen molar-refractivity contribution < 1.29 is 10.8 Å². The van der Waals surface area contributed by atoms with Gasteiger partial charge in [-0.15, -0.1) is 0 Å². The molecule has 5 heavy (non-hydrogen) atoms. The summed E-state index contributed by atoms with van der Waals surface area (Å²) in [6.07, 6.45) is 2.88. The van der Waals surface area contributed by atoms with Crippen molar-refractivity contribution in [3.8, 4) is 0 Å². The highest BCUT2D eigenvalue weighted by Crippen LogP contribution is 1.99. The summed E-state index contributed by atoms with van der Waals surface area (Å²) >= 11 is 0. The Labute approximate surface area is 36.3 Å². The van der Waals surface area contributed by atoms with Gasteiger partial charge in [0, 0.05) is 12.8 Å². The van der Waals surface area contributed by atoms with Crippen LogP contribution in [0.2, 0.25) is 0 Å². The van der Waals surface area contributed by atoms with Gasteiger partial charge in [0.05, 0.1) is 0 Å². The second-order valence-electron chi connectivity index (χ2n) is 1.27.